The van der Waals surface area contributed by atoms with E-state index in [1.54, 1.807) is 0 Å². The third-order valence-corrected chi connectivity index (χ3v) is 4.68. The zero-order valence-electron chi connectivity index (χ0n) is 13.9. The molecule has 1 saturated heterocycles. The minimum absolute atomic E-state index is 0.737. The van der Waals surface area contributed by atoms with Crippen molar-refractivity contribution in [2.75, 3.05) is 26.3 Å². The second-order valence-corrected chi connectivity index (χ2v) is 6.61. The van der Waals surface area contributed by atoms with E-state index in [0.717, 1.165) is 54.8 Å². The van der Waals surface area contributed by atoms with Gasteiger partial charge >= 0.3 is 0 Å². The second kappa shape index (κ2) is 7.40. The molecule has 2 aromatic carbocycles. The normalized spacial score (nSPS) is 15.4. The molecule has 1 aliphatic heterocycles. The lowest BCUT2D eigenvalue weighted by Gasteiger charge is -2.26. The van der Waals surface area contributed by atoms with Crippen LogP contribution in [0.15, 0.2) is 60.8 Å². The fourth-order valence-electron chi connectivity index (χ4n) is 3.09. The van der Waals surface area contributed by atoms with E-state index in [0.29, 0.717) is 0 Å². The Kier molecular flexibility index (Phi) is 4.83. The average Bonchev–Trinajstić information content (AvgIpc) is 3.08. The van der Waals surface area contributed by atoms with E-state index in [9.17, 15) is 0 Å². The van der Waals surface area contributed by atoms with Crippen LogP contribution >= 0.6 is 11.6 Å². The summed E-state index contributed by atoms with van der Waals surface area (Å²) in [6.45, 7) is 4.37. The molecule has 5 heteroatoms. The maximum Gasteiger partial charge on any atom is 0.0972 e. The quantitative estimate of drug-likeness (QED) is 0.709. The Labute approximate surface area is 152 Å². The second-order valence-electron chi connectivity index (χ2n) is 6.18. The van der Waals surface area contributed by atoms with Crippen LogP contribution in [0.4, 0.5) is 0 Å². The van der Waals surface area contributed by atoms with Gasteiger partial charge in [0.05, 0.1) is 24.6 Å². The van der Waals surface area contributed by atoms with Gasteiger partial charge in [-0.15, -0.1) is 0 Å². The molecular formula is C20H20ClN3O. The largest absolute Gasteiger partial charge is 0.379 e. The van der Waals surface area contributed by atoms with Gasteiger partial charge < -0.3 is 4.74 Å². The number of hydrogen-bond acceptors (Lipinski definition) is 3. The highest BCUT2D eigenvalue weighted by atomic mass is 35.5. The van der Waals surface area contributed by atoms with Crippen LogP contribution in [0.25, 0.3) is 16.9 Å². The number of rotatable bonds is 4. The summed E-state index contributed by atoms with van der Waals surface area (Å²) in [5, 5.41) is 5.60. The average molecular weight is 354 g/mol. The highest BCUT2D eigenvalue weighted by molar-refractivity contribution is 6.30. The molecule has 4 nitrogen and oxygen atoms in total. The summed E-state index contributed by atoms with van der Waals surface area (Å²) in [6.07, 6.45) is 2.13. The maximum atomic E-state index is 6.05. The van der Waals surface area contributed by atoms with Gasteiger partial charge in [0, 0.05) is 42.0 Å². The third-order valence-electron chi connectivity index (χ3n) is 4.43. The molecule has 2 heterocycles. The molecule has 1 fully saturated rings. The monoisotopic (exact) mass is 353 g/mol. The number of morpholine rings is 1. The predicted molar refractivity (Wildman–Crippen MR) is 100 cm³/mol. The molecule has 0 N–H and O–H groups in total. The van der Waals surface area contributed by atoms with Crippen molar-refractivity contribution in [1.29, 1.82) is 0 Å². The van der Waals surface area contributed by atoms with Crippen LogP contribution in [0, 0.1) is 0 Å². The molecule has 0 aliphatic carbocycles. The summed E-state index contributed by atoms with van der Waals surface area (Å²) in [7, 11) is 0. The van der Waals surface area contributed by atoms with E-state index in [1.165, 1.54) is 5.56 Å². The van der Waals surface area contributed by atoms with Crippen LogP contribution in [0.2, 0.25) is 5.02 Å². The van der Waals surface area contributed by atoms with E-state index in [-0.39, 0.29) is 0 Å². The van der Waals surface area contributed by atoms with Crippen LogP contribution in [0.5, 0.6) is 0 Å². The SMILES string of the molecule is Clc1ccc(-c2nn(-c3ccccc3)cc2CN2CCOCC2)cc1. The van der Waals surface area contributed by atoms with Crippen molar-refractivity contribution in [3.8, 4) is 16.9 Å². The lowest BCUT2D eigenvalue weighted by molar-refractivity contribution is 0.0342. The van der Waals surface area contributed by atoms with Gasteiger partial charge in [-0.1, -0.05) is 41.9 Å². The van der Waals surface area contributed by atoms with Crippen molar-refractivity contribution in [3.05, 3.63) is 71.4 Å². The summed E-state index contributed by atoms with van der Waals surface area (Å²) in [4.78, 5) is 2.41. The third kappa shape index (κ3) is 3.76. The van der Waals surface area contributed by atoms with Gasteiger partial charge in [0.25, 0.3) is 0 Å². The first-order valence-electron chi connectivity index (χ1n) is 8.49. The summed E-state index contributed by atoms with van der Waals surface area (Å²) < 4.78 is 7.42. The van der Waals surface area contributed by atoms with Crippen molar-refractivity contribution in [1.82, 2.24) is 14.7 Å². The lowest BCUT2D eigenvalue weighted by Crippen LogP contribution is -2.35. The topological polar surface area (TPSA) is 30.3 Å². The Morgan fingerprint density at radius 3 is 2.40 bits per heavy atom. The summed E-state index contributed by atoms with van der Waals surface area (Å²) in [5.74, 6) is 0. The summed E-state index contributed by atoms with van der Waals surface area (Å²) >= 11 is 6.05. The van der Waals surface area contributed by atoms with Crippen LogP contribution in [-0.2, 0) is 11.3 Å². The van der Waals surface area contributed by atoms with Crippen molar-refractivity contribution in [2.24, 2.45) is 0 Å². The van der Waals surface area contributed by atoms with Gasteiger partial charge in [-0.05, 0) is 24.3 Å². The Morgan fingerprint density at radius 2 is 1.68 bits per heavy atom. The highest BCUT2D eigenvalue weighted by Gasteiger charge is 2.17. The first-order chi connectivity index (χ1) is 12.3. The molecule has 0 unspecified atom stereocenters. The van der Waals surface area contributed by atoms with Crippen LogP contribution in [0.3, 0.4) is 0 Å². The van der Waals surface area contributed by atoms with E-state index in [2.05, 4.69) is 23.2 Å². The molecule has 0 spiro atoms. The molecule has 1 aromatic heterocycles. The number of benzene rings is 2. The van der Waals surface area contributed by atoms with Gasteiger partial charge in [-0.25, -0.2) is 4.68 Å². The molecule has 0 saturated carbocycles. The number of halogens is 1. The fourth-order valence-corrected chi connectivity index (χ4v) is 3.22. The predicted octanol–water partition coefficient (Wildman–Crippen LogP) is 4.02. The van der Waals surface area contributed by atoms with Crippen LogP contribution in [0.1, 0.15) is 5.56 Å². The summed E-state index contributed by atoms with van der Waals surface area (Å²) in [5.41, 5.74) is 4.37. The molecule has 128 valence electrons. The minimum atomic E-state index is 0.737. The minimum Gasteiger partial charge on any atom is -0.379 e. The smallest absolute Gasteiger partial charge is 0.0972 e. The molecule has 0 atom stereocenters. The van der Waals surface area contributed by atoms with Crippen molar-refractivity contribution < 1.29 is 4.74 Å². The molecule has 4 rings (SSSR count). The summed E-state index contributed by atoms with van der Waals surface area (Å²) in [6, 6.07) is 18.1. The maximum absolute atomic E-state index is 6.05. The first-order valence-corrected chi connectivity index (χ1v) is 8.87. The Balaban J connectivity index is 1.71. The van der Waals surface area contributed by atoms with Gasteiger partial charge in [-0.3, -0.25) is 4.90 Å². The fraction of sp³-hybridized carbons (Fsp3) is 0.250. The Hall–Kier alpha value is -2.14. The zero-order valence-corrected chi connectivity index (χ0v) is 14.7. The molecule has 0 radical (unpaired) electrons. The number of ether oxygens (including phenoxy) is 1. The van der Waals surface area contributed by atoms with Crippen molar-refractivity contribution in [2.45, 2.75) is 6.54 Å². The van der Waals surface area contributed by atoms with Crippen LogP contribution < -0.4 is 0 Å². The standard InChI is InChI=1S/C20H20ClN3O/c21-18-8-6-16(7-9-18)20-17(14-23-10-12-25-13-11-23)15-24(22-20)19-4-2-1-3-5-19/h1-9,15H,10-14H2. The highest BCUT2D eigenvalue weighted by Crippen LogP contribution is 2.26. The van der Waals surface area contributed by atoms with Gasteiger partial charge in [0.15, 0.2) is 0 Å². The molecule has 25 heavy (non-hydrogen) atoms. The molecular weight excluding hydrogens is 334 g/mol. The van der Waals surface area contributed by atoms with Gasteiger partial charge in [-0.2, -0.15) is 5.10 Å². The van der Waals surface area contributed by atoms with E-state index < -0.39 is 0 Å². The molecule has 3 aromatic rings. The Bertz CT molecular complexity index is 824. The number of nitrogens with zero attached hydrogens (tertiary/aromatic N) is 3. The van der Waals surface area contributed by atoms with Crippen molar-refractivity contribution >= 4 is 11.6 Å². The van der Waals surface area contributed by atoms with Crippen LogP contribution in [-0.4, -0.2) is 41.0 Å². The first kappa shape index (κ1) is 16.3. The number of para-hydroxylation sites is 1. The number of aromatic nitrogens is 2. The van der Waals surface area contributed by atoms with Crippen molar-refractivity contribution in [3.63, 3.8) is 0 Å². The number of hydrogen-bond donors (Lipinski definition) is 0. The zero-order chi connectivity index (χ0) is 17.1. The lowest BCUT2D eigenvalue weighted by atomic mass is 10.1. The van der Waals surface area contributed by atoms with Gasteiger partial charge in [0.1, 0.15) is 0 Å². The van der Waals surface area contributed by atoms with E-state index in [1.807, 2.05) is 47.1 Å². The van der Waals surface area contributed by atoms with E-state index >= 15 is 0 Å². The molecule has 0 amide bonds. The van der Waals surface area contributed by atoms with E-state index in [4.69, 9.17) is 21.4 Å². The van der Waals surface area contributed by atoms with Gasteiger partial charge in [0.2, 0.25) is 0 Å². The molecule has 0 bridgehead atoms. The molecule has 1 aliphatic rings. The Morgan fingerprint density at radius 1 is 0.960 bits per heavy atom.